The molecule has 6 aromatic rings. The number of benzene rings is 3. The zero-order chi connectivity index (χ0) is 22.5. The maximum atomic E-state index is 15.0. The molecule has 6 rings (SSSR count). The van der Waals surface area contributed by atoms with E-state index in [9.17, 15) is 0 Å². The highest BCUT2D eigenvalue weighted by atomic mass is 35.5. The number of hydrogen-bond donors (Lipinski definition) is 1. The van der Waals surface area contributed by atoms with Gasteiger partial charge < -0.3 is 0 Å². The molecule has 0 saturated carbocycles. The lowest BCUT2D eigenvalue weighted by atomic mass is 10.1. The molecule has 33 heavy (non-hydrogen) atoms. The minimum atomic E-state index is -0.464. The van der Waals surface area contributed by atoms with Crippen LogP contribution < -0.4 is 0 Å². The van der Waals surface area contributed by atoms with Crippen molar-refractivity contribution in [3.8, 4) is 16.9 Å². The Kier molecular flexibility index (Phi) is 4.63. The van der Waals surface area contributed by atoms with Gasteiger partial charge in [-0.1, -0.05) is 34.5 Å². The van der Waals surface area contributed by atoms with Gasteiger partial charge in [-0.05, 0) is 54.1 Å². The maximum absolute atomic E-state index is 15.0. The molecule has 0 fully saturated rings. The molecule has 3 heterocycles. The minimum Gasteiger partial charge on any atom is -0.278 e. The van der Waals surface area contributed by atoms with E-state index in [0.717, 1.165) is 27.8 Å². The first-order valence-electron chi connectivity index (χ1n) is 10.0. The smallest absolute Gasteiger partial charge is 0.153 e. The van der Waals surface area contributed by atoms with Crippen LogP contribution in [0.1, 0.15) is 5.56 Å². The van der Waals surface area contributed by atoms with Gasteiger partial charge in [-0.3, -0.25) is 9.78 Å². The van der Waals surface area contributed by atoms with Crippen LogP contribution in [0.4, 0.5) is 4.39 Å². The van der Waals surface area contributed by atoms with Gasteiger partial charge in [-0.25, -0.2) is 9.07 Å². The van der Waals surface area contributed by atoms with Gasteiger partial charge in [0.05, 0.1) is 35.2 Å². The van der Waals surface area contributed by atoms with Crippen LogP contribution in [0.5, 0.6) is 0 Å². The van der Waals surface area contributed by atoms with Crippen LogP contribution in [0.3, 0.4) is 0 Å². The van der Waals surface area contributed by atoms with E-state index < -0.39 is 5.82 Å². The summed E-state index contributed by atoms with van der Waals surface area (Å²) in [6, 6.07) is 16.2. The molecule has 0 aliphatic heterocycles. The summed E-state index contributed by atoms with van der Waals surface area (Å²) in [5.74, 6) is -0.464. The predicted molar refractivity (Wildman–Crippen MR) is 125 cm³/mol. The molecule has 3 aromatic heterocycles. The van der Waals surface area contributed by atoms with Crippen molar-refractivity contribution in [3.05, 3.63) is 88.4 Å². The number of fused-ring (bicyclic) bond motifs is 2. The summed E-state index contributed by atoms with van der Waals surface area (Å²) in [5, 5.41) is 21.7. The number of nitrogens with zero attached hydrogens (tertiary/aromatic N) is 6. The number of aromatic nitrogens is 7. The first kappa shape index (κ1) is 19.9. The normalized spacial score (nSPS) is 11.6. The summed E-state index contributed by atoms with van der Waals surface area (Å²) in [5.41, 5.74) is 4.56. The van der Waals surface area contributed by atoms with Gasteiger partial charge in [0.1, 0.15) is 5.52 Å². The van der Waals surface area contributed by atoms with Crippen molar-refractivity contribution in [3.63, 3.8) is 0 Å². The Morgan fingerprint density at radius 2 is 1.91 bits per heavy atom. The Labute approximate surface area is 196 Å². The third-order valence-electron chi connectivity index (χ3n) is 5.52. The zero-order valence-corrected chi connectivity index (χ0v) is 18.4. The highest BCUT2D eigenvalue weighted by Gasteiger charge is 2.16. The van der Waals surface area contributed by atoms with E-state index in [4.69, 9.17) is 23.2 Å². The van der Waals surface area contributed by atoms with E-state index in [2.05, 4.69) is 25.6 Å². The van der Waals surface area contributed by atoms with Gasteiger partial charge in [0.25, 0.3) is 0 Å². The third-order valence-corrected chi connectivity index (χ3v) is 6.11. The number of rotatable bonds is 4. The van der Waals surface area contributed by atoms with Crippen LogP contribution in [0, 0.1) is 5.82 Å². The molecular formula is C23H14Cl2FN7. The van der Waals surface area contributed by atoms with Gasteiger partial charge in [-0.15, -0.1) is 5.10 Å². The molecule has 0 bridgehead atoms. The SMILES string of the molecule is Fc1cc(-c2ccnn2Cc2ccc(Cl)cc2Cl)cc2c1nnn2-c1ccc2cn[nH]c2c1. The second-order valence-electron chi connectivity index (χ2n) is 7.58. The summed E-state index contributed by atoms with van der Waals surface area (Å²) in [6.07, 6.45) is 3.41. The van der Waals surface area contributed by atoms with E-state index in [1.807, 2.05) is 36.4 Å². The fraction of sp³-hybridized carbons (Fsp3) is 0.0435. The van der Waals surface area contributed by atoms with Crippen LogP contribution in [-0.4, -0.2) is 35.0 Å². The molecule has 0 amide bonds. The second-order valence-corrected chi connectivity index (χ2v) is 8.42. The molecule has 1 N–H and O–H groups in total. The second kappa shape index (κ2) is 7.68. The molecule has 0 saturated heterocycles. The summed E-state index contributed by atoms with van der Waals surface area (Å²) < 4.78 is 18.4. The highest BCUT2D eigenvalue weighted by molar-refractivity contribution is 6.35. The van der Waals surface area contributed by atoms with Crippen molar-refractivity contribution in [2.45, 2.75) is 6.54 Å². The molecule has 10 heteroatoms. The zero-order valence-electron chi connectivity index (χ0n) is 16.9. The largest absolute Gasteiger partial charge is 0.278 e. The third kappa shape index (κ3) is 3.44. The fourth-order valence-corrected chi connectivity index (χ4v) is 4.36. The van der Waals surface area contributed by atoms with E-state index in [0.29, 0.717) is 27.7 Å². The van der Waals surface area contributed by atoms with Crippen molar-refractivity contribution in [1.82, 2.24) is 35.0 Å². The molecule has 162 valence electrons. The maximum Gasteiger partial charge on any atom is 0.153 e. The number of hydrogen-bond acceptors (Lipinski definition) is 4. The van der Waals surface area contributed by atoms with Gasteiger partial charge in [0.15, 0.2) is 5.82 Å². The number of halogens is 3. The predicted octanol–water partition coefficient (Wildman–Crippen LogP) is 5.65. The van der Waals surface area contributed by atoms with E-state index in [1.165, 1.54) is 6.07 Å². The van der Waals surface area contributed by atoms with Crippen LogP contribution in [0.15, 0.2) is 67.0 Å². The first-order chi connectivity index (χ1) is 16.1. The van der Waals surface area contributed by atoms with Crippen molar-refractivity contribution < 1.29 is 4.39 Å². The average molecular weight is 478 g/mol. The molecule has 0 aliphatic rings. The fourth-order valence-electron chi connectivity index (χ4n) is 3.89. The average Bonchev–Trinajstić information content (AvgIpc) is 3.54. The molecule has 7 nitrogen and oxygen atoms in total. The summed E-state index contributed by atoms with van der Waals surface area (Å²) in [4.78, 5) is 0. The molecule has 0 unspecified atom stereocenters. The van der Waals surface area contributed by atoms with Crippen LogP contribution in [0.2, 0.25) is 10.0 Å². The van der Waals surface area contributed by atoms with Crippen molar-refractivity contribution in [2.24, 2.45) is 0 Å². The van der Waals surface area contributed by atoms with Crippen LogP contribution in [0.25, 0.3) is 38.9 Å². The van der Waals surface area contributed by atoms with Gasteiger partial charge in [-0.2, -0.15) is 10.2 Å². The molecule has 0 spiro atoms. The van der Waals surface area contributed by atoms with E-state index >= 15 is 4.39 Å². The van der Waals surface area contributed by atoms with Gasteiger partial charge in [0.2, 0.25) is 0 Å². The lowest BCUT2D eigenvalue weighted by molar-refractivity contribution is 0.635. The molecule has 0 atom stereocenters. The van der Waals surface area contributed by atoms with Crippen LogP contribution >= 0.6 is 23.2 Å². The monoisotopic (exact) mass is 477 g/mol. The summed E-state index contributed by atoms with van der Waals surface area (Å²) in [6.45, 7) is 0.409. The number of nitrogens with one attached hydrogen (secondary N) is 1. The minimum absolute atomic E-state index is 0.190. The lowest BCUT2D eigenvalue weighted by Gasteiger charge is -2.10. The van der Waals surface area contributed by atoms with Crippen molar-refractivity contribution in [1.29, 1.82) is 0 Å². The van der Waals surface area contributed by atoms with Gasteiger partial charge in [0, 0.05) is 27.2 Å². The van der Waals surface area contributed by atoms with Crippen molar-refractivity contribution >= 4 is 45.1 Å². The summed E-state index contributed by atoms with van der Waals surface area (Å²) >= 11 is 12.4. The molecule has 0 radical (unpaired) electrons. The Bertz CT molecular complexity index is 1650. The number of aromatic amines is 1. The Hall–Kier alpha value is -3.75. The van der Waals surface area contributed by atoms with Crippen LogP contribution in [-0.2, 0) is 6.54 Å². The Balaban J connectivity index is 1.45. The van der Waals surface area contributed by atoms with E-state index in [-0.39, 0.29) is 5.52 Å². The van der Waals surface area contributed by atoms with Gasteiger partial charge >= 0.3 is 0 Å². The Morgan fingerprint density at radius 1 is 1.00 bits per heavy atom. The van der Waals surface area contributed by atoms with E-state index in [1.54, 1.807) is 33.9 Å². The highest BCUT2D eigenvalue weighted by Crippen LogP contribution is 2.29. The van der Waals surface area contributed by atoms with Crippen molar-refractivity contribution in [2.75, 3.05) is 0 Å². The molecular weight excluding hydrogens is 464 g/mol. The molecule has 3 aromatic carbocycles. The quantitative estimate of drug-likeness (QED) is 0.355. The number of H-pyrrole nitrogens is 1. The summed E-state index contributed by atoms with van der Waals surface area (Å²) in [7, 11) is 0. The lowest BCUT2D eigenvalue weighted by Crippen LogP contribution is -2.04. The topological polar surface area (TPSA) is 77.2 Å². The standard InChI is InChI=1S/C23H14Cl2FN7/c24-16-3-1-14(18(25)9-16)12-32-21(5-6-28-32)15-7-19(26)23-22(8-15)33(31-30-23)17-4-2-13-11-27-29-20(13)10-17/h1-11H,12H2,(H,27,29). The Morgan fingerprint density at radius 3 is 2.79 bits per heavy atom. The first-order valence-corrected chi connectivity index (χ1v) is 10.8. The molecule has 0 aliphatic carbocycles.